The number of carboxylic acid groups (broad SMARTS) is 1. The first-order valence-electron chi connectivity index (χ1n) is 12.7. The van der Waals surface area contributed by atoms with Gasteiger partial charge in [-0.05, 0) is 63.9 Å². The molecule has 0 spiro atoms. The van der Waals surface area contributed by atoms with Crippen molar-refractivity contribution in [3.05, 3.63) is 77.4 Å². The number of hydrogen-bond donors (Lipinski definition) is 1. The molecule has 0 aliphatic rings. The van der Waals surface area contributed by atoms with E-state index in [0.29, 0.717) is 23.4 Å². The van der Waals surface area contributed by atoms with Gasteiger partial charge in [-0.15, -0.1) is 0 Å². The number of nitrogens with zero attached hydrogens (tertiary/aromatic N) is 1. The summed E-state index contributed by atoms with van der Waals surface area (Å²) >= 11 is 0. The fraction of sp³-hybridized carbons (Fsp3) is 0.433. The molecule has 7 heteroatoms. The second-order valence-electron chi connectivity index (χ2n) is 9.90. The predicted molar refractivity (Wildman–Crippen MR) is 143 cm³/mol. The van der Waals surface area contributed by atoms with E-state index in [2.05, 4.69) is 44.7 Å². The van der Waals surface area contributed by atoms with Crippen LogP contribution in [0.3, 0.4) is 0 Å². The summed E-state index contributed by atoms with van der Waals surface area (Å²) in [5, 5.41) is 8.71. The highest BCUT2D eigenvalue weighted by atomic mass is 16.5. The first-order valence-corrected chi connectivity index (χ1v) is 12.7. The lowest BCUT2D eigenvalue weighted by atomic mass is 9.86. The van der Waals surface area contributed by atoms with Crippen molar-refractivity contribution in [2.75, 3.05) is 6.54 Å². The smallest absolute Gasteiger partial charge is 0.331 e. The summed E-state index contributed by atoms with van der Waals surface area (Å²) < 4.78 is 11.1. The van der Waals surface area contributed by atoms with Crippen molar-refractivity contribution in [1.29, 1.82) is 0 Å². The molecule has 0 saturated carbocycles. The van der Waals surface area contributed by atoms with Crippen LogP contribution in [0, 0.1) is 5.92 Å². The van der Waals surface area contributed by atoms with Crippen molar-refractivity contribution < 1.29 is 29.0 Å². The van der Waals surface area contributed by atoms with Crippen LogP contribution in [-0.2, 0) is 25.7 Å². The number of aliphatic carboxylic acids is 1. The normalized spacial score (nSPS) is 12.5. The lowest BCUT2D eigenvalue weighted by Crippen LogP contribution is -2.38. The van der Waals surface area contributed by atoms with Gasteiger partial charge in [-0.25, -0.2) is 9.59 Å². The Kier molecular flexibility index (Phi) is 11.5. The molecule has 0 bridgehead atoms. The molecule has 7 nitrogen and oxygen atoms in total. The number of benzene rings is 2. The van der Waals surface area contributed by atoms with Gasteiger partial charge in [0.1, 0.15) is 12.4 Å². The van der Waals surface area contributed by atoms with E-state index in [9.17, 15) is 14.4 Å². The lowest BCUT2D eigenvalue weighted by Gasteiger charge is -2.32. The van der Waals surface area contributed by atoms with Gasteiger partial charge in [0.05, 0.1) is 5.92 Å². The van der Waals surface area contributed by atoms with Crippen molar-refractivity contribution >= 4 is 17.9 Å². The van der Waals surface area contributed by atoms with Gasteiger partial charge in [0.25, 0.3) is 0 Å². The van der Waals surface area contributed by atoms with Crippen LogP contribution in [0.15, 0.2) is 60.7 Å². The Labute approximate surface area is 220 Å². The summed E-state index contributed by atoms with van der Waals surface area (Å²) in [6.45, 7) is 13.1. The minimum Gasteiger partial charge on any atom is -0.478 e. The Bertz CT molecular complexity index is 1070. The largest absolute Gasteiger partial charge is 0.478 e. The fourth-order valence-corrected chi connectivity index (χ4v) is 4.20. The number of carbonyl (C=O) groups is 3. The van der Waals surface area contributed by atoms with Crippen molar-refractivity contribution in [2.45, 2.75) is 72.6 Å². The van der Waals surface area contributed by atoms with E-state index < -0.39 is 11.9 Å². The average molecular weight is 510 g/mol. The first kappa shape index (κ1) is 29.8. The average Bonchev–Trinajstić information content (AvgIpc) is 2.84. The highest BCUT2D eigenvalue weighted by Gasteiger charge is 2.24. The van der Waals surface area contributed by atoms with Gasteiger partial charge in [0.2, 0.25) is 0 Å². The van der Waals surface area contributed by atoms with Gasteiger partial charge in [-0.2, -0.15) is 0 Å². The molecule has 1 unspecified atom stereocenters. The van der Waals surface area contributed by atoms with Crippen LogP contribution in [0.2, 0.25) is 0 Å². The van der Waals surface area contributed by atoms with Gasteiger partial charge in [0, 0.05) is 35.7 Å². The molecule has 2 aromatic rings. The van der Waals surface area contributed by atoms with Crippen molar-refractivity contribution in [2.24, 2.45) is 5.92 Å². The Balaban J connectivity index is 2.47. The number of ether oxygens (including phenoxy) is 2. The molecule has 0 heterocycles. The summed E-state index contributed by atoms with van der Waals surface area (Å²) in [4.78, 5) is 37.5. The van der Waals surface area contributed by atoms with Gasteiger partial charge in [-0.3, -0.25) is 9.69 Å². The quantitative estimate of drug-likeness (QED) is 0.214. The molecule has 1 atom stereocenters. The molecule has 1 N–H and O–H groups in total. The van der Waals surface area contributed by atoms with Crippen molar-refractivity contribution in [3.8, 4) is 5.75 Å². The molecule has 0 amide bonds. The minimum absolute atomic E-state index is 0.0418. The molecule has 2 rings (SSSR count). The van der Waals surface area contributed by atoms with Crippen LogP contribution in [0.25, 0.3) is 0 Å². The van der Waals surface area contributed by atoms with Crippen molar-refractivity contribution in [1.82, 2.24) is 4.90 Å². The Morgan fingerprint density at radius 2 is 1.57 bits per heavy atom. The van der Waals surface area contributed by atoms with Crippen LogP contribution in [-0.4, -0.2) is 46.5 Å². The molecule has 200 valence electrons. The molecule has 0 aliphatic carbocycles. The van der Waals surface area contributed by atoms with Crippen LogP contribution >= 0.6 is 0 Å². The summed E-state index contributed by atoms with van der Waals surface area (Å²) in [7, 11) is 0. The van der Waals surface area contributed by atoms with Crippen LogP contribution in [0.4, 0.5) is 0 Å². The van der Waals surface area contributed by atoms with E-state index in [1.54, 1.807) is 26.0 Å². The predicted octanol–water partition coefficient (Wildman–Crippen LogP) is 5.57. The fourth-order valence-electron chi connectivity index (χ4n) is 4.20. The summed E-state index contributed by atoms with van der Waals surface area (Å²) in [6, 6.07) is 16.2. The monoisotopic (exact) mass is 509 g/mol. The van der Waals surface area contributed by atoms with Crippen LogP contribution in [0.5, 0.6) is 5.75 Å². The maximum absolute atomic E-state index is 12.5. The lowest BCUT2D eigenvalue weighted by molar-refractivity contribution is -0.140. The molecule has 0 aliphatic heterocycles. The summed E-state index contributed by atoms with van der Waals surface area (Å²) in [5.74, 6) is -2.17. The van der Waals surface area contributed by atoms with E-state index in [-0.39, 0.29) is 24.4 Å². The first-order chi connectivity index (χ1) is 17.5. The summed E-state index contributed by atoms with van der Waals surface area (Å²) in [6.07, 6.45) is 2.40. The van der Waals surface area contributed by atoms with Crippen LogP contribution < -0.4 is 4.74 Å². The van der Waals surface area contributed by atoms with E-state index in [0.717, 1.165) is 36.2 Å². The highest BCUT2D eigenvalue weighted by Crippen LogP contribution is 2.36. The van der Waals surface area contributed by atoms with Crippen LogP contribution in [0.1, 0.15) is 70.6 Å². The SMILES string of the molecule is CC(C)C(=O)Oc1ccc(COC(=O)C=CC(=O)O)cc1C(CCN(C(C)C)C(C)C)c1ccccc1. The van der Waals surface area contributed by atoms with E-state index in [1.807, 2.05) is 24.3 Å². The number of carboxylic acids is 1. The molecule has 0 radical (unpaired) electrons. The van der Waals surface area contributed by atoms with Gasteiger partial charge < -0.3 is 14.6 Å². The molecular formula is C30H39NO6. The zero-order chi connectivity index (χ0) is 27.5. The molecule has 0 saturated heterocycles. The van der Waals surface area contributed by atoms with E-state index in [4.69, 9.17) is 14.6 Å². The molecule has 0 fully saturated rings. The maximum Gasteiger partial charge on any atom is 0.331 e. The summed E-state index contributed by atoms with van der Waals surface area (Å²) in [5.41, 5.74) is 2.64. The topological polar surface area (TPSA) is 93.1 Å². The Morgan fingerprint density at radius 3 is 2.14 bits per heavy atom. The number of esters is 2. The maximum atomic E-state index is 12.5. The van der Waals surface area contributed by atoms with Gasteiger partial charge in [0.15, 0.2) is 0 Å². The molecule has 0 aromatic heterocycles. The van der Waals surface area contributed by atoms with Gasteiger partial charge in [-0.1, -0.05) is 50.2 Å². The second-order valence-corrected chi connectivity index (χ2v) is 9.90. The molecule has 2 aromatic carbocycles. The van der Waals surface area contributed by atoms with E-state index >= 15 is 0 Å². The zero-order valence-electron chi connectivity index (χ0n) is 22.6. The highest BCUT2D eigenvalue weighted by molar-refractivity contribution is 5.90. The molecule has 37 heavy (non-hydrogen) atoms. The van der Waals surface area contributed by atoms with Gasteiger partial charge >= 0.3 is 17.9 Å². The minimum atomic E-state index is -1.22. The third-order valence-corrected chi connectivity index (χ3v) is 6.08. The Morgan fingerprint density at radius 1 is 0.919 bits per heavy atom. The van der Waals surface area contributed by atoms with E-state index in [1.165, 1.54) is 0 Å². The van der Waals surface area contributed by atoms with Crippen molar-refractivity contribution in [3.63, 3.8) is 0 Å². The third kappa shape index (κ3) is 9.50. The number of rotatable bonds is 13. The molecular weight excluding hydrogens is 470 g/mol. The second kappa shape index (κ2) is 14.3. The third-order valence-electron chi connectivity index (χ3n) is 6.08. The number of hydrogen-bond acceptors (Lipinski definition) is 6. The zero-order valence-corrected chi connectivity index (χ0v) is 22.6. The number of carbonyl (C=O) groups excluding carboxylic acids is 2. The standard InChI is InChI=1S/C30H39NO6/c1-20(2)30(35)37-27-13-12-23(19-36-29(34)15-14-28(32)33)18-26(27)25(24-10-8-7-9-11-24)16-17-31(21(3)4)22(5)6/h7-15,18,20-22,25H,16-17,19H2,1-6H3,(H,32,33). The Hall–Kier alpha value is -3.45.